The molecule has 0 bridgehead atoms. The highest BCUT2D eigenvalue weighted by Gasteiger charge is 2.14. The van der Waals surface area contributed by atoms with E-state index in [0.29, 0.717) is 23.8 Å². The second kappa shape index (κ2) is 7.50. The molecule has 1 N–H and O–H groups in total. The highest BCUT2D eigenvalue weighted by Crippen LogP contribution is 2.19. The first kappa shape index (κ1) is 17.2. The minimum absolute atomic E-state index is 0.159. The Morgan fingerprint density at radius 1 is 1.16 bits per heavy atom. The maximum Gasteiger partial charge on any atom is 0.240 e. The molecule has 0 fully saturated rings. The number of furan rings is 1. The van der Waals surface area contributed by atoms with E-state index in [2.05, 4.69) is 9.71 Å². The monoisotopic (exact) mass is 358 g/mol. The van der Waals surface area contributed by atoms with E-state index in [9.17, 15) is 8.42 Å². The van der Waals surface area contributed by atoms with Crippen LogP contribution in [-0.2, 0) is 16.6 Å². The van der Waals surface area contributed by atoms with Crippen molar-refractivity contribution in [1.29, 1.82) is 0 Å². The van der Waals surface area contributed by atoms with Crippen LogP contribution in [0.1, 0.15) is 12.5 Å². The summed E-state index contributed by atoms with van der Waals surface area (Å²) < 4.78 is 38.0. The van der Waals surface area contributed by atoms with Crippen LogP contribution < -0.4 is 9.46 Å². The molecule has 0 saturated carbocycles. The maximum atomic E-state index is 12.4. The Morgan fingerprint density at radius 2 is 1.96 bits per heavy atom. The summed E-state index contributed by atoms with van der Waals surface area (Å²) in [6, 6.07) is 13.4. The molecule has 7 heteroatoms. The molecule has 6 nitrogen and oxygen atoms in total. The number of nitrogens with one attached hydrogen (secondary N) is 1. The van der Waals surface area contributed by atoms with Gasteiger partial charge in [-0.15, -0.1) is 0 Å². The number of rotatable bonds is 7. The van der Waals surface area contributed by atoms with Gasteiger partial charge < -0.3 is 9.15 Å². The zero-order chi connectivity index (χ0) is 17.7. The van der Waals surface area contributed by atoms with E-state index >= 15 is 0 Å². The van der Waals surface area contributed by atoms with Crippen molar-refractivity contribution in [2.75, 3.05) is 6.61 Å². The van der Waals surface area contributed by atoms with Crippen LogP contribution in [0.2, 0.25) is 0 Å². The van der Waals surface area contributed by atoms with Crippen molar-refractivity contribution < 1.29 is 17.6 Å². The van der Waals surface area contributed by atoms with Gasteiger partial charge >= 0.3 is 0 Å². The highest BCUT2D eigenvalue weighted by atomic mass is 32.2. The average Bonchev–Trinajstić information content (AvgIpc) is 3.16. The van der Waals surface area contributed by atoms with E-state index in [1.54, 1.807) is 48.9 Å². The predicted molar refractivity (Wildman–Crippen MR) is 93.6 cm³/mol. The standard InChI is InChI=1S/C18H18N2O4S/c1-2-23-15-5-7-16(8-6-15)25(21,22)20-13-14-9-10-19-17(12-14)18-4-3-11-24-18/h3-12,20H,2,13H2,1H3. The smallest absolute Gasteiger partial charge is 0.240 e. The SMILES string of the molecule is CCOc1ccc(S(=O)(=O)NCc2ccnc(-c3ccco3)c2)cc1. The van der Waals surface area contributed by atoms with Crippen LogP contribution in [0.3, 0.4) is 0 Å². The van der Waals surface area contributed by atoms with Gasteiger partial charge in [0.1, 0.15) is 11.4 Å². The summed E-state index contributed by atoms with van der Waals surface area (Å²) >= 11 is 0. The van der Waals surface area contributed by atoms with Gasteiger partial charge in [-0.3, -0.25) is 4.98 Å². The minimum atomic E-state index is -3.61. The molecular weight excluding hydrogens is 340 g/mol. The summed E-state index contributed by atoms with van der Waals surface area (Å²) in [6.45, 7) is 2.56. The molecule has 0 aliphatic heterocycles. The van der Waals surface area contributed by atoms with Crippen molar-refractivity contribution in [2.24, 2.45) is 0 Å². The van der Waals surface area contributed by atoms with Crippen molar-refractivity contribution in [3.63, 3.8) is 0 Å². The van der Waals surface area contributed by atoms with E-state index in [1.165, 1.54) is 12.1 Å². The fourth-order valence-corrected chi connectivity index (χ4v) is 3.30. The summed E-state index contributed by atoms with van der Waals surface area (Å²) in [5.74, 6) is 1.27. The molecule has 3 aromatic rings. The number of pyridine rings is 1. The third kappa shape index (κ3) is 4.26. The number of ether oxygens (including phenoxy) is 1. The molecule has 0 aliphatic carbocycles. The maximum absolute atomic E-state index is 12.4. The molecule has 2 aromatic heterocycles. The summed E-state index contributed by atoms with van der Waals surface area (Å²) in [6.07, 6.45) is 3.19. The predicted octanol–water partition coefficient (Wildman–Crippen LogP) is 3.22. The quantitative estimate of drug-likeness (QED) is 0.701. The molecule has 3 rings (SSSR count). The van der Waals surface area contributed by atoms with Gasteiger partial charge in [0.2, 0.25) is 10.0 Å². The zero-order valence-corrected chi connectivity index (χ0v) is 14.5. The van der Waals surface area contributed by atoms with Gasteiger partial charge in [0.25, 0.3) is 0 Å². The Bertz CT molecular complexity index is 920. The van der Waals surface area contributed by atoms with Crippen LogP contribution >= 0.6 is 0 Å². The van der Waals surface area contributed by atoms with Gasteiger partial charge in [-0.25, -0.2) is 13.1 Å². The lowest BCUT2D eigenvalue weighted by Gasteiger charge is -2.09. The molecule has 1 aromatic carbocycles. The van der Waals surface area contributed by atoms with Crippen LogP contribution in [0, 0.1) is 0 Å². The second-order valence-corrected chi connectivity index (χ2v) is 7.02. The number of hydrogen-bond acceptors (Lipinski definition) is 5. The van der Waals surface area contributed by atoms with Crippen molar-refractivity contribution in [1.82, 2.24) is 9.71 Å². The lowest BCUT2D eigenvalue weighted by Crippen LogP contribution is -2.23. The molecule has 0 aliphatic rings. The molecular formula is C18H18N2O4S. The van der Waals surface area contributed by atoms with Gasteiger partial charge in [-0.05, 0) is 61.0 Å². The number of nitrogens with zero attached hydrogens (tertiary/aromatic N) is 1. The van der Waals surface area contributed by atoms with Crippen molar-refractivity contribution in [3.8, 4) is 17.2 Å². The molecule has 0 atom stereocenters. The first-order valence-electron chi connectivity index (χ1n) is 7.80. The Kier molecular flexibility index (Phi) is 5.16. The lowest BCUT2D eigenvalue weighted by atomic mass is 10.2. The van der Waals surface area contributed by atoms with E-state index < -0.39 is 10.0 Å². The second-order valence-electron chi connectivity index (χ2n) is 5.26. The first-order valence-corrected chi connectivity index (χ1v) is 9.28. The Morgan fingerprint density at radius 3 is 2.64 bits per heavy atom. The average molecular weight is 358 g/mol. The van der Waals surface area contributed by atoms with Crippen LogP contribution in [-0.4, -0.2) is 20.0 Å². The third-order valence-electron chi connectivity index (χ3n) is 3.51. The van der Waals surface area contributed by atoms with Gasteiger partial charge in [0, 0.05) is 12.7 Å². The van der Waals surface area contributed by atoms with Crippen LogP contribution in [0.25, 0.3) is 11.5 Å². The van der Waals surface area contributed by atoms with Crippen molar-refractivity contribution in [2.45, 2.75) is 18.4 Å². The molecule has 0 radical (unpaired) electrons. The zero-order valence-electron chi connectivity index (χ0n) is 13.7. The summed E-state index contributed by atoms with van der Waals surface area (Å²) in [5, 5.41) is 0. The summed E-state index contributed by atoms with van der Waals surface area (Å²) in [4.78, 5) is 4.42. The van der Waals surface area contributed by atoms with Gasteiger partial charge in [0.05, 0.1) is 17.8 Å². The molecule has 130 valence electrons. The Labute approximate surface area is 146 Å². The normalized spacial score (nSPS) is 11.4. The van der Waals surface area contributed by atoms with Gasteiger partial charge in [0.15, 0.2) is 5.76 Å². The van der Waals surface area contributed by atoms with E-state index in [1.807, 2.05) is 6.92 Å². The number of benzene rings is 1. The molecule has 0 amide bonds. The number of aromatic nitrogens is 1. The molecule has 2 heterocycles. The van der Waals surface area contributed by atoms with Crippen LogP contribution in [0.15, 0.2) is 70.3 Å². The molecule has 0 saturated heterocycles. The first-order chi connectivity index (χ1) is 12.1. The van der Waals surface area contributed by atoms with Gasteiger partial charge in [-0.2, -0.15) is 0 Å². The van der Waals surface area contributed by atoms with E-state index in [4.69, 9.17) is 9.15 Å². The number of hydrogen-bond donors (Lipinski definition) is 1. The Balaban J connectivity index is 1.71. The van der Waals surface area contributed by atoms with Crippen molar-refractivity contribution >= 4 is 10.0 Å². The fraction of sp³-hybridized carbons (Fsp3) is 0.167. The van der Waals surface area contributed by atoms with Crippen LogP contribution in [0.4, 0.5) is 0 Å². The molecule has 0 spiro atoms. The van der Waals surface area contributed by atoms with Crippen molar-refractivity contribution in [3.05, 3.63) is 66.6 Å². The lowest BCUT2D eigenvalue weighted by molar-refractivity contribution is 0.340. The Hall–Kier alpha value is -2.64. The summed E-state index contributed by atoms with van der Waals surface area (Å²) in [5.41, 5.74) is 1.44. The largest absolute Gasteiger partial charge is 0.494 e. The van der Waals surface area contributed by atoms with E-state index in [-0.39, 0.29) is 11.4 Å². The van der Waals surface area contributed by atoms with Gasteiger partial charge in [-0.1, -0.05) is 0 Å². The summed E-state index contributed by atoms with van der Waals surface area (Å²) in [7, 11) is -3.61. The fourth-order valence-electron chi connectivity index (χ4n) is 2.29. The van der Waals surface area contributed by atoms with E-state index in [0.717, 1.165) is 5.56 Å². The molecule has 25 heavy (non-hydrogen) atoms. The topological polar surface area (TPSA) is 81.4 Å². The third-order valence-corrected chi connectivity index (χ3v) is 4.93. The highest BCUT2D eigenvalue weighted by molar-refractivity contribution is 7.89. The minimum Gasteiger partial charge on any atom is -0.494 e. The number of sulfonamides is 1. The van der Waals surface area contributed by atoms with Crippen LogP contribution in [0.5, 0.6) is 5.75 Å². The molecule has 0 unspecified atom stereocenters.